The van der Waals surface area contributed by atoms with Gasteiger partial charge in [0, 0.05) is 14.5 Å². The molecule has 1 atom stereocenters. The van der Waals surface area contributed by atoms with Gasteiger partial charge in [0.25, 0.3) is 0 Å². The van der Waals surface area contributed by atoms with Gasteiger partial charge >= 0.3 is 0 Å². The van der Waals surface area contributed by atoms with Crippen molar-refractivity contribution in [2.45, 2.75) is 5.92 Å². The van der Waals surface area contributed by atoms with Crippen LogP contribution in [0.4, 0.5) is 11.4 Å². The van der Waals surface area contributed by atoms with Crippen molar-refractivity contribution in [3.63, 3.8) is 0 Å². The predicted octanol–water partition coefficient (Wildman–Crippen LogP) is 3.91. The van der Waals surface area contributed by atoms with Crippen LogP contribution >= 0.6 is 31.9 Å². The second kappa shape index (κ2) is 5.69. The second-order valence-corrected chi connectivity index (χ2v) is 6.51. The molecule has 4 nitrogen and oxygen atoms in total. The van der Waals surface area contributed by atoms with Crippen molar-refractivity contribution in [3.8, 4) is 5.75 Å². The number of nitrogens with two attached hydrogens (primary N) is 1. The Bertz CT molecular complexity index is 696. The molecule has 0 aliphatic carbocycles. The van der Waals surface area contributed by atoms with E-state index >= 15 is 0 Å². The van der Waals surface area contributed by atoms with Crippen LogP contribution in [0.3, 0.4) is 0 Å². The Balaban J connectivity index is 1.86. The van der Waals surface area contributed by atoms with Crippen molar-refractivity contribution < 1.29 is 9.53 Å². The van der Waals surface area contributed by atoms with Crippen LogP contribution < -0.4 is 15.8 Å². The molecule has 3 N–H and O–H groups in total. The average Bonchev–Trinajstić information content (AvgIpc) is 2.86. The maximum Gasteiger partial charge on any atom is 0.235 e. The molecule has 1 unspecified atom stereocenters. The number of carbonyl (C=O) groups is 1. The van der Waals surface area contributed by atoms with Gasteiger partial charge in [0.2, 0.25) is 5.91 Å². The fourth-order valence-corrected chi connectivity index (χ4v) is 3.67. The number of anilines is 2. The standard InChI is InChI=1S/C15H12Br2N2O2/c16-8-5-11(17)14(12(18)6-8)19-15(20)10-7-21-13-4-2-1-3-9(10)13/h1-6,10H,7,18H2,(H,19,20). The molecule has 0 saturated carbocycles. The summed E-state index contributed by atoms with van der Waals surface area (Å²) in [5, 5.41) is 2.88. The Morgan fingerprint density at radius 2 is 2.05 bits per heavy atom. The molecule has 21 heavy (non-hydrogen) atoms. The third-order valence-corrected chi connectivity index (χ3v) is 4.43. The lowest BCUT2D eigenvalue weighted by Crippen LogP contribution is -2.23. The number of nitrogens with one attached hydrogen (secondary N) is 1. The van der Waals surface area contributed by atoms with E-state index in [4.69, 9.17) is 10.5 Å². The summed E-state index contributed by atoms with van der Waals surface area (Å²) in [5.74, 6) is 0.311. The number of amides is 1. The Morgan fingerprint density at radius 1 is 1.29 bits per heavy atom. The SMILES string of the molecule is Nc1cc(Br)cc(Br)c1NC(=O)C1COc2ccccc21. The summed E-state index contributed by atoms with van der Waals surface area (Å²) in [6, 6.07) is 11.2. The minimum Gasteiger partial charge on any atom is -0.492 e. The Morgan fingerprint density at radius 3 is 2.81 bits per heavy atom. The number of halogens is 2. The number of rotatable bonds is 2. The normalized spacial score (nSPS) is 16.2. The first kappa shape index (κ1) is 14.4. The summed E-state index contributed by atoms with van der Waals surface area (Å²) in [7, 11) is 0. The van der Waals surface area contributed by atoms with Gasteiger partial charge in [-0.05, 0) is 34.1 Å². The van der Waals surface area contributed by atoms with E-state index in [0.29, 0.717) is 18.0 Å². The largest absolute Gasteiger partial charge is 0.492 e. The number of benzene rings is 2. The van der Waals surface area contributed by atoms with E-state index in [1.54, 1.807) is 6.07 Å². The monoisotopic (exact) mass is 410 g/mol. The number of carbonyl (C=O) groups excluding carboxylic acids is 1. The third-order valence-electron chi connectivity index (χ3n) is 3.35. The molecule has 0 radical (unpaired) electrons. The fraction of sp³-hybridized carbons (Fsp3) is 0.133. The molecule has 1 heterocycles. The number of fused-ring (bicyclic) bond motifs is 1. The van der Waals surface area contributed by atoms with E-state index in [1.807, 2.05) is 30.3 Å². The molecule has 108 valence electrons. The van der Waals surface area contributed by atoms with Gasteiger partial charge in [0.1, 0.15) is 18.3 Å². The molecule has 0 bridgehead atoms. The Labute approximate surface area is 138 Å². The minimum absolute atomic E-state index is 0.130. The van der Waals surface area contributed by atoms with Gasteiger partial charge in [-0.25, -0.2) is 0 Å². The highest BCUT2D eigenvalue weighted by atomic mass is 79.9. The topological polar surface area (TPSA) is 64.3 Å². The molecule has 2 aromatic rings. The van der Waals surface area contributed by atoms with Crippen molar-refractivity contribution in [1.29, 1.82) is 0 Å². The second-order valence-electron chi connectivity index (χ2n) is 4.74. The van der Waals surface area contributed by atoms with E-state index in [9.17, 15) is 4.79 Å². The van der Waals surface area contributed by atoms with Gasteiger partial charge in [-0.2, -0.15) is 0 Å². The zero-order valence-electron chi connectivity index (χ0n) is 10.9. The smallest absolute Gasteiger partial charge is 0.235 e. The molecular weight excluding hydrogens is 400 g/mol. The summed E-state index contributed by atoms with van der Waals surface area (Å²) in [6.45, 7) is 0.346. The van der Waals surface area contributed by atoms with E-state index in [2.05, 4.69) is 37.2 Å². The highest BCUT2D eigenvalue weighted by Crippen LogP contribution is 2.37. The van der Waals surface area contributed by atoms with Crippen LogP contribution in [-0.2, 0) is 4.79 Å². The zero-order valence-corrected chi connectivity index (χ0v) is 14.1. The van der Waals surface area contributed by atoms with E-state index in [-0.39, 0.29) is 11.8 Å². The molecule has 0 saturated heterocycles. The maximum absolute atomic E-state index is 12.5. The highest BCUT2D eigenvalue weighted by molar-refractivity contribution is 9.11. The third kappa shape index (κ3) is 2.78. The molecule has 1 amide bonds. The van der Waals surface area contributed by atoms with E-state index in [0.717, 1.165) is 20.3 Å². The molecule has 0 spiro atoms. The van der Waals surface area contributed by atoms with Crippen molar-refractivity contribution in [3.05, 3.63) is 50.9 Å². The summed E-state index contributed by atoms with van der Waals surface area (Å²) in [5.41, 5.74) is 7.94. The van der Waals surface area contributed by atoms with Crippen LogP contribution in [-0.4, -0.2) is 12.5 Å². The van der Waals surface area contributed by atoms with Gasteiger partial charge in [0.05, 0.1) is 11.4 Å². The number of ether oxygens (including phenoxy) is 1. The van der Waals surface area contributed by atoms with Gasteiger partial charge in [-0.3, -0.25) is 4.79 Å². The van der Waals surface area contributed by atoms with E-state index in [1.165, 1.54) is 0 Å². The average molecular weight is 412 g/mol. The van der Waals surface area contributed by atoms with Crippen LogP contribution in [0.2, 0.25) is 0 Å². The predicted molar refractivity (Wildman–Crippen MR) is 89.6 cm³/mol. The lowest BCUT2D eigenvalue weighted by molar-refractivity contribution is -0.117. The quantitative estimate of drug-likeness (QED) is 0.736. The molecule has 1 aliphatic heterocycles. The highest BCUT2D eigenvalue weighted by Gasteiger charge is 2.30. The van der Waals surface area contributed by atoms with Crippen molar-refractivity contribution in [2.24, 2.45) is 0 Å². The van der Waals surface area contributed by atoms with Crippen LogP contribution in [0.1, 0.15) is 11.5 Å². The van der Waals surface area contributed by atoms with Crippen LogP contribution in [0.25, 0.3) is 0 Å². The van der Waals surface area contributed by atoms with Gasteiger partial charge < -0.3 is 15.8 Å². The van der Waals surface area contributed by atoms with Crippen LogP contribution in [0, 0.1) is 0 Å². The zero-order chi connectivity index (χ0) is 15.0. The summed E-state index contributed by atoms with van der Waals surface area (Å²) in [6.07, 6.45) is 0. The fourth-order valence-electron chi connectivity index (χ4n) is 2.32. The maximum atomic E-state index is 12.5. The molecule has 1 aliphatic rings. The van der Waals surface area contributed by atoms with Crippen LogP contribution in [0.15, 0.2) is 45.3 Å². The Kier molecular flexibility index (Phi) is 3.91. The van der Waals surface area contributed by atoms with Gasteiger partial charge in [0.15, 0.2) is 0 Å². The first-order valence-corrected chi connectivity index (χ1v) is 7.92. The van der Waals surface area contributed by atoms with Crippen LogP contribution in [0.5, 0.6) is 5.75 Å². The molecule has 0 fully saturated rings. The first-order valence-electron chi connectivity index (χ1n) is 6.33. The lowest BCUT2D eigenvalue weighted by atomic mass is 10.0. The molecule has 2 aromatic carbocycles. The van der Waals surface area contributed by atoms with Crippen molar-refractivity contribution >= 4 is 49.1 Å². The number of para-hydroxylation sites is 1. The lowest BCUT2D eigenvalue weighted by Gasteiger charge is -2.14. The van der Waals surface area contributed by atoms with Gasteiger partial charge in [-0.15, -0.1) is 0 Å². The number of hydrogen-bond donors (Lipinski definition) is 2. The molecule has 0 aromatic heterocycles. The Hall–Kier alpha value is -1.53. The molecule has 3 rings (SSSR count). The molecular formula is C15H12Br2N2O2. The summed E-state index contributed by atoms with van der Waals surface area (Å²) < 4.78 is 7.12. The summed E-state index contributed by atoms with van der Waals surface area (Å²) >= 11 is 6.77. The first-order chi connectivity index (χ1) is 10.1. The van der Waals surface area contributed by atoms with E-state index < -0.39 is 0 Å². The molecule has 6 heteroatoms. The number of nitrogen functional groups attached to an aromatic ring is 1. The number of hydrogen-bond acceptors (Lipinski definition) is 3. The minimum atomic E-state index is -0.323. The van der Waals surface area contributed by atoms with Gasteiger partial charge in [-0.1, -0.05) is 34.1 Å². The van der Waals surface area contributed by atoms with Crippen molar-refractivity contribution in [1.82, 2.24) is 0 Å². The van der Waals surface area contributed by atoms with Crippen molar-refractivity contribution in [2.75, 3.05) is 17.7 Å². The summed E-state index contributed by atoms with van der Waals surface area (Å²) in [4.78, 5) is 12.5.